The molecule has 3 fully saturated rings. The van der Waals surface area contributed by atoms with Crippen LogP contribution in [0.4, 0.5) is 0 Å². The van der Waals surface area contributed by atoms with Crippen molar-refractivity contribution in [2.45, 2.75) is 141 Å². The van der Waals surface area contributed by atoms with Gasteiger partial charge >= 0.3 is 5.97 Å². The van der Waals surface area contributed by atoms with Gasteiger partial charge in [-0.25, -0.2) is 13.4 Å². The van der Waals surface area contributed by atoms with Crippen LogP contribution >= 0.6 is 0 Å². The second-order valence-corrected chi connectivity index (χ2v) is 20.1. The van der Waals surface area contributed by atoms with Gasteiger partial charge in [0.05, 0.1) is 46.4 Å². The lowest BCUT2D eigenvalue weighted by Gasteiger charge is -2.29. The van der Waals surface area contributed by atoms with Crippen molar-refractivity contribution in [1.82, 2.24) is 24.2 Å². The molecule has 4 aliphatic rings. The number of sulfonamides is 1. The van der Waals surface area contributed by atoms with Crippen molar-refractivity contribution in [2.75, 3.05) is 6.54 Å². The molecular formula is C42H55N5O9S. The average Bonchev–Trinajstić information content (AvgIpc) is 3.77. The number of para-hydroxylation sites is 1. The molecule has 2 aromatic heterocycles. The fourth-order valence-corrected chi connectivity index (χ4v) is 9.69. The molecule has 5 atom stereocenters. The van der Waals surface area contributed by atoms with Crippen LogP contribution in [-0.2, 0) is 33.9 Å². The van der Waals surface area contributed by atoms with E-state index in [-0.39, 0.29) is 49.5 Å². The molecule has 0 spiro atoms. The van der Waals surface area contributed by atoms with Gasteiger partial charge in [0.2, 0.25) is 27.7 Å². The number of esters is 1. The number of imidazole rings is 1. The van der Waals surface area contributed by atoms with Crippen molar-refractivity contribution in [3.8, 4) is 17.5 Å². The summed E-state index contributed by atoms with van der Waals surface area (Å²) >= 11 is 0. The Morgan fingerprint density at radius 3 is 2.58 bits per heavy atom. The van der Waals surface area contributed by atoms with E-state index in [9.17, 15) is 27.6 Å². The summed E-state index contributed by atoms with van der Waals surface area (Å²) in [7, 11) is -3.95. The first-order valence-electron chi connectivity index (χ1n) is 20.3. The van der Waals surface area contributed by atoms with Crippen molar-refractivity contribution < 1.29 is 41.5 Å². The monoisotopic (exact) mass is 805 g/mol. The third-order valence-corrected chi connectivity index (χ3v) is 14.1. The first-order valence-corrected chi connectivity index (χ1v) is 21.8. The number of amides is 2. The number of rotatable bonds is 9. The van der Waals surface area contributed by atoms with E-state index in [0.29, 0.717) is 55.1 Å². The Morgan fingerprint density at radius 2 is 1.89 bits per heavy atom. The van der Waals surface area contributed by atoms with E-state index in [0.717, 1.165) is 24.8 Å². The molecule has 0 unspecified atom stereocenters. The number of carbonyl (C=O) groups is 4. The van der Waals surface area contributed by atoms with Gasteiger partial charge in [-0.05, 0) is 98.1 Å². The van der Waals surface area contributed by atoms with Crippen LogP contribution in [0.3, 0.4) is 0 Å². The van der Waals surface area contributed by atoms with Crippen LogP contribution in [0.15, 0.2) is 47.2 Å². The molecule has 2 amide bonds. The molecule has 3 aromatic rings. The molecule has 0 radical (unpaired) electrons. The molecule has 1 aromatic carbocycles. The summed E-state index contributed by atoms with van der Waals surface area (Å²) in [6.45, 7) is 11.0. The highest BCUT2D eigenvalue weighted by Gasteiger charge is 2.62. The molecule has 7 rings (SSSR count). The lowest BCUT2D eigenvalue weighted by atomic mass is 9.90. The normalized spacial score (nSPS) is 27.2. The Morgan fingerprint density at radius 1 is 1.12 bits per heavy atom. The number of oxazole rings is 1. The van der Waals surface area contributed by atoms with E-state index in [4.69, 9.17) is 18.9 Å². The molecule has 15 heteroatoms. The first kappa shape index (κ1) is 40.7. The topological polar surface area (TPSA) is 180 Å². The van der Waals surface area contributed by atoms with Crippen molar-refractivity contribution in [3.05, 3.63) is 42.8 Å². The smallest absolute Gasteiger partial charge is 0.307 e. The molecule has 0 bridgehead atoms. The van der Waals surface area contributed by atoms with Crippen LogP contribution in [0, 0.1) is 17.3 Å². The second kappa shape index (κ2) is 15.3. The highest BCUT2D eigenvalue weighted by molar-refractivity contribution is 7.91. The summed E-state index contributed by atoms with van der Waals surface area (Å²) in [5, 5.41) is 0. The molecule has 14 nitrogen and oxygen atoms in total. The Kier molecular flexibility index (Phi) is 10.9. The number of nitrogens with one attached hydrogen (secondary N) is 1. The van der Waals surface area contributed by atoms with Gasteiger partial charge in [-0.1, -0.05) is 31.1 Å². The van der Waals surface area contributed by atoms with Gasteiger partial charge in [-0.2, -0.15) is 4.98 Å². The third-order valence-electron chi connectivity index (χ3n) is 11.9. The van der Waals surface area contributed by atoms with Crippen LogP contribution in [-0.4, -0.2) is 80.5 Å². The summed E-state index contributed by atoms with van der Waals surface area (Å²) < 4.78 is 47.7. The average molecular weight is 806 g/mol. The molecule has 1 N–H and O–H groups in total. The van der Waals surface area contributed by atoms with Gasteiger partial charge in [-0.3, -0.25) is 28.5 Å². The lowest BCUT2D eigenvalue weighted by Crippen LogP contribution is -2.47. The van der Waals surface area contributed by atoms with Crippen molar-refractivity contribution in [3.63, 3.8) is 0 Å². The highest BCUT2D eigenvalue weighted by atomic mass is 32.2. The highest BCUT2D eigenvalue weighted by Crippen LogP contribution is 2.57. The molecule has 57 heavy (non-hydrogen) atoms. The van der Waals surface area contributed by atoms with Crippen molar-refractivity contribution >= 4 is 44.6 Å². The minimum Gasteiger partial charge on any atom is -0.460 e. The minimum atomic E-state index is -3.95. The van der Waals surface area contributed by atoms with E-state index in [1.54, 1.807) is 33.9 Å². The quantitative estimate of drug-likeness (QED) is 0.185. The van der Waals surface area contributed by atoms with E-state index < -0.39 is 55.7 Å². The van der Waals surface area contributed by atoms with Crippen molar-refractivity contribution in [1.29, 1.82) is 0 Å². The largest absolute Gasteiger partial charge is 0.460 e. The lowest BCUT2D eigenvalue weighted by molar-refractivity contribution is -0.159. The Hall–Kier alpha value is -4.53. The minimum absolute atomic E-state index is 0.0449. The van der Waals surface area contributed by atoms with Crippen molar-refractivity contribution in [2.24, 2.45) is 17.3 Å². The summed E-state index contributed by atoms with van der Waals surface area (Å²) in [4.78, 5) is 67.3. The van der Waals surface area contributed by atoms with Gasteiger partial charge in [0.25, 0.3) is 6.01 Å². The predicted octanol–water partition coefficient (Wildman–Crippen LogP) is 6.45. The van der Waals surface area contributed by atoms with Crippen LogP contribution < -0.4 is 9.46 Å². The standard InChI is InChI=1S/C42H55N5O9S/c1-26(2)47-31-16-12-15-30(36-43-19-20-54-36)35(31)44-39(47)55-29-22-32-33(48)24-42(38(51)45-57(52,53)41(6)17-18-41)23-28(42)14-11-9-7-8-10-13-27(37(50)46(32)25-29)21-34(49)56-40(3,4)5/h11-12,14-16,19-20,26-29,32H,7-10,13,17-18,21-25H2,1-6H3,(H,45,51)/b14-11-/t27-,28-,29-,32+,42-/m1/s1. The van der Waals surface area contributed by atoms with E-state index in [2.05, 4.69) is 9.71 Å². The number of nitrogens with zero attached hydrogens (tertiary/aromatic N) is 4. The molecular weight excluding hydrogens is 751 g/mol. The van der Waals surface area contributed by atoms with Gasteiger partial charge < -0.3 is 18.8 Å². The zero-order valence-electron chi connectivity index (χ0n) is 33.8. The predicted molar refractivity (Wildman–Crippen MR) is 211 cm³/mol. The Balaban J connectivity index is 1.22. The summed E-state index contributed by atoms with van der Waals surface area (Å²) in [6, 6.07) is 4.93. The molecule has 2 aliphatic heterocycles. The third kappa shape index (κ3) is 8.40. The maximum absolute atomic E-state index is 14.7. The maximum Gasteiger partial charge on any atom is 0.307 e. The summed E-state index contributed by atoms with van der Waals surface area (Å²) in [5.41, 5.74) is 0.0929. The van der Waals surface area contributed by atoms with Gasteiger partial charge in [-0.15, -0.1) is 0 Å². The van der Waals surface area contributed by atoms with Crippen LogP contribution in [0.5, 0.6) is 6.01 Å². The Labute approximate surface area is 334 Å². The number of ether oxygens (including phenoxy) is 2. The number of Topliss-reactive ketones (excluding diaryl/α,β-unsaturated/α-hetero) is 1. The van der Waals surface area contributed by atoms with E-state index in [1.165, 1.54) is 11.2 Å². The van der Waals surface area contributed by atoms with E-state index >= 15 is 0 Å². The van der Waals surface area contributed by atoms with Crippen LogP contribution in [0.25, 0.3) is 22.5 Å². The molecule has 2 aliphatic carbocycles. The van der Waals surface area contributed by atoms with Crippen LogP contribution in [0.2, 0.25) is 0 Å². The zero-order valence-corrected chi connectivity index (χ0v) is 34.6. The SMILES string of the molecule is CC(C)n1c(O[C@@H]2C[C@H]3C(=O)C[C@]4(C(=O)NS(=O)(=O)C5(C)CC5)C[C@H]4/C=C\CCCCC[C@H](CC(=O)OC(C)(C)C)C(=O)N3C2)nc2c(-c3ncco3)cccc21. The number of carbonyl (C=O) groups excluding carboxylic acids is 4. The molecule has 2 saturated carbocycles. The molecule has 4 heterocycles. The van der Waals surface area contributed by atoms with Crippen LogP contribution in [0.1, 0.15) is 118 Å². The van der Waals surface area contributed by atoms with Gasteiger partial charge in [0, 0.05) is 24.8 Å². The number of aromatic nitrogens is 3. The van der Waals surface area contributed by atoms with Gasteiger partial charge in [0.15, 0.2) is 5.78 Å². The zero-order chi connectivity index (χ0) is 40.9. The second-order valence-electron chi connectivity index (χ2n) is 17.9. The Bertz CT molecular complexity index is 2170. The fourth-order valence-electron chi connectivity index (χ4n) is 8.36. The molecule has 308 valence electrons. The number of benzene rings is 1. The summed E-state index contributed by atoms with van der Waals surface area (Å²) in [6.07, 6.45) is 10.8. The number of hydrogen-bond donors (Lipinski definition) is 1. The number of hydrogen-bond acceptors (Lipinski definition) is 11. The van der Waals surface area contributed by atoms with Gasteiger partial charge in [0.1, 0.15) is 23.5 Å². The fraction of sp³-hybridized carbons (Fsp3) is 0.619. The van der Waals surface area contributed by atoms with E-state index in [1.807, 2.05) is 48.8 Å². The number of fused-ring (bicyclic) bond motifs is 3. The number of ketones is 1. The number of allylic oxidation sites excluding steroid dienone is 2. The first-order chi connectivity index (χ1) is 26.9. The summed E-state index contributed by atoms with van der Waals surface area (Å²) in [5.74, 6) is -2.54. The molecule has 1 saturated heterocycles. The maximum atomic E-state index is 14.7.